The summed E-state index contributed by atoms with van der Waals surface area (Å²) in [7, 11) is 0. The van der Waals surface area contributed by atoms with E-state index in [4.69, 9.17) is 4.74 Å². The average Bonchev–Trinajstić information content (AvgIpc) is 2.45. The molecule has 0 spiro atoms. The van der Waals surface area contributed by atoms with E-state index in [1.807, 2.05) is 6.07 Å². The largest absolute Gasteiger partial charge is 0.440 e. The second kappa shape index (κ2) is 7.00. The third-order valence-corrected chi connectivity index (χ3v) is 2.90. The molecule has 0 aliphatic heterocycles. The number of fused-ring (bicyclic) bond motifs is 1. The molecule has 1 aromatic heterocycles. The van der Waals surface area contributed by atoms with Crippen LogP contribution in [0.3, 0.4) is 0 Å². The van der Waals surface area contributed by atoms with Gasteiger partial charge in [-0.25, -0.2) is 0 Å². The van der Waals surface area contributed by atoms with Gasteiger partial charge in [0.2, 0.25) is 11.5 Å². The van der Waals surface area contributed by atoms with Gasteiger partial charge < -0.3 is 14.0 Å². The summed E-state index contributed by atoms with van der Waals surface area (Å²) >= 11 is 3.61. The molecular formula is C14H16N2O3S. The van der Waals surface area contributed by atoms with Gasteiger partial charge in [0.05, 0.1) is 12.9 Å². The van der Waals surface area contributed by atoms with E-state index in [9.17, 15) is 4.79 Å². The van der Waals surface area contributed by atoms with E-state index in [2.05, 4.69) is 34.3 Å². The van der Waals surface area contributed by atoms with Crippen LogP contribution in [0, 0.1) is 0 Å². The number of rotatable bonds is 5. The van der Waals surface area contributed by atoms with Crippen LogP contribution in [0.5, 0.6) is 5.75 Å². The highest BCUT2D eigenvalue weighted by molar-refractivity contribution is 7.75. The molecule has 1 N–H and O–H groups in total. The van der Waals surface area contributed by atoms with E-state index in [-0.39, 0.29) is 5.56 Å². The summed E-state index contributed by atoms with van der Waals surface area (Å²) in [5.74, 6) is 1.12. The van der Waals surface area contributed by atoms with Crippen LogP contribution >= 0.6 is 12.9 Å². The maximum absolute atomic E-state index is 11.2. The molecule has 2 aromatic rings. The van der Waals surface area contributed by atoms with Gasteiger partial charge in [-0.1, -0.05) is 13.3 Å². The van der Waals surface area contributed by atoms with Gasteiger partial charge in [-0.15, -0.1) is 0 Å². The molecule has 0 atom stereocenters. The number of unbranched alkanes of at least 4 members (excludes halogenated alkanes) is 1. The number of H-pyrrole nitrogens is 1. The van der Waals surface area contributed by atoms with E-state index >= 15 is 0 Å². The SMILES string of the molecule is CCCCC(=NOS)Oc1ccc2[nH]c(=O)ccc2c1. The molecule has 20 heavy (non-hydrogen) atoms. The smallest absolute Gasteiger partial charge is 0.248 e. The molecule has 0 radical (unpaired) electrons. The van der Waals surface area contributed by atoms with Gasteiger partial charge in [-0.05, 0) is 35.8 Å². The number of aromatic amines is 1. The highest BCUT2D eigenvalue weighted by atomic mass is 32.1. The number of benzene rings is 1. The molecule has 1 aromatic carbocycles. The predicted octanol–water partition coefficient (Wildman–Crippen LogP) is 3.27. The van der Waals surface area contributed by atoms with Crippen molar-refractivity contribution < 1.29 is 9.02 Å². The molecule has 0 unspecified atom stereocenters. The number of nitrogens with zero attached hydrogens (tertiary/aromatic N) is 1. The summed E-state index contributed by atoms with van der Waals surface area (Å²) in [6.07, 6.45) is 2.67. The van der Waals surface area contributed by atoms with Crippen LogP contribution in [0.4, 0.5) is 0 Å². The first-order valence-electron chi connectivity index (χ1n) is 6.41. The number of hydrogen-bond donors (Lipinski definition) is 2. The first-order valence-corrected chi connectivity index (χ1v) is 6.78. The van der Waals surface area contributed by atoms with Crippen molar-refractivity contribution in [2.45, 2.75) is 26.2 Å². The molecule has 0 saturated heterocycles. The van der Waals surface area contributed by atoms with Gasteiger partial charge >= 0.3 is 0 Å². The van der Waals surface area contributed by atoms with Crippen molar-refractivity contribution in [2.24, 2.45) is 5.16 Å². The van der Waals surface area contributed by atoms with Gasteiger partial charge in [0, 0.05) is 23.4 Å². The summed E-state index contributed by atoms with van der Waals surface area (Å²) in [5.41, 5.74) is 0.641. The molecule has 106 valence electrons. The highest BCUT2D eigenvalue weighted by Crippen LogP contribution is 2.19. The Morgan fingerprint density at radius 3 is 2.95 bits per heavy atom. The zero-order valence-electron chi connectivity index (χ0n) is 11.1. The van der Waals surface area contributed by atoms with Crippen molar-refractivity contribution in [3.05, 3.63) is 40.7 Å². The number of oxime groups is 1. The van der Waals surface area contributed by atoms with Crippen LogP contribution in [0.1, 0.15) is 26.2 Å². The summed E-state index contributed by atoms with van der Waals surface area (Å²) in [6.45, 7) is 2.09. The first kappa shape index (κ1) is 14.5. The summed E-state index contributed by atoms with van der Waals surface area (Å²) in [6, 6.07) is 8.64. The standard InChI is InChI=1S/C14H16N2O3S/c1-2-3-4-14(16-19-20)18-11-6-7-12-10(9-11)5-8-13(17)15-12/h5-9,20H,2-4H2,1H3,(H,15,17). The zero-order valence-corrected chi connectivity index (χ0v) is 12.0. The number of ether oxygens (including phenoxy) is 1. The molecule has 0 aliphatic rings. The molecule has 0 saturated carbocycles. The maximum Gasteiger partial charge on any atom is 0.248 e. The fourth-order valence-electron chi connectivity index (χ4n) is 1.82. The minimum absolute atomic E-state index is 0.125. The Balaban J connectivity index is 2.21. The third kappa shape index (κ3) is 3.77. The monoisotopic (exact) mass is 292 g/mol. The fourth-order valence-corrected chi connectivity index (χ4v) is 1.91. The third-order valence-electron chi connectivity index (χ3n) is 2.82. The topological polar surface area (TPSA) is 63.7 Å². The lowest BCUT2D eigenvalue weighted by Gasteiger charge is -2.08. The predicted molar refractivity (Wildman–Crippen MR) is 82.2 cm³/mol. The van der Waals surface area contributed by atoms with Gasteiger partial charge in [0.1, 0.15) is 5.75 Å². The Kier molecular flexibility index (Phi) is 5.06. The Bertz CT molecular complexity index is 667. The number of nitrogens with one attached hydrogen (secondary N) is 1. The fraction of sp³-hybridized carbons (Fsp3) is 0.286. The van der Waals surface area contributed by atoms with Crippen molar-refractivity contribution >= 4 is 29.7 Å². The van der Waals surface area contributed by atoms with Crippen LogP contribution in [0.15, 0.2) is 40.3 Å². The Hall–Kier alpha value is -1.95. The van der Waals surface area contributed by atoms with E-state index in [0.717, 1.165) is 23.7 Å². The van der Waals surface area contributed by atoms with E-state index in [1.54, 1.807) is 18.2 Å². The van der Waals surface area contributed by atoms with Crippen LogP contribution in [-0.2, 0) is 4.28 Å². The van der Waals surface area contributed by atoms with Gasteiger partial charge in [-0.2, -0.15) is 0 Å². The lowest BCUT2D eigenvalue weighted by atomic mass is 10.2. The molecule has 5 nitrogen and oxygen atoms in total. The Morgan fingerprint density at radius 1 is 1.35 bits per heavy atom. The molecule has 0 amide bonds. The number of thiol groups is 1. The molecule has 0 bridgehead atoms. The highest BCUT2D eigenvalue weighted by Gasteiger charge is 2.05. The molecule has 0 aliphatic carbocycles. The van der Waals surface area contributed by atoms with Crippen molar-refractivity contribution in [3.8, 4) is 5.75 Å². The van der Waals surface area contributed by atoms with Gasteiger partial charge in [-0.3, -0.25) is 4.79 Å². The lowest BCUT2D eigenvalue weighted by molar-refractivity contribution is 0.381. The molecule has 2 rings (SSSR count). The second-order valence-electron chi connectivity index (χ2n) is 4.34. The van der Waals surface area contributed by atoms with Crippen LogP contribution in [0.2, 0.25) is 0 Å². The number of pyridine rings is 1. The quantitative estimate of drug-likeness (QED) is 0.292. The van der Waals surface area contributed by atoms with Crippen molar-refractivity contribution in [1.82, 2.24) is 4.98 Å². The van der Waals surface area contributed by atoms with Gasteiger partial charge in [0.25, 0.3) is 0 Å². The molecular weight excluding hydrogens is 276 g/mol. The number of hydrogen-bond acceptors (Lipinski definition) is 5. The first-order chi connectivity index (χ1) is 9.72. The lowest BCUT2D eigenvalue weighted by Crippen LogP contribution is -2.09. The van der Waals surface area contributed by atoms with E-state index in [1.165, 1.54) is 6.07 Å². The van der Waals surface area contributed by atoms with Gasteiger partial charge in [0.15, 0.2) is 0 Å². The van der Waals surface area contributed by atoms with Crippen molar-refractivity contribution in [2.75, 3.05) is 0 Å². The summed E-state index contributed by atoms with van der Waals surface area (Å²) in [5, 5.41) is 4.64. The maximum atomic E-state index is 11.2. The van der Waals surface area contributed by atoms with Crippen LogP contribution in [0.25, 0.3) is 10.9 Å². The minimum Gasteiger partial charge on any atom is -0.440 e. The molecule has 1 heterocycles. The summed E-state index contributed by atoms with van der Waals surface area (Å²) in [4.78, 5) is 14.0. The number of aromatic nitrogens is 1. The Morgan fingerprint density at radius 2 is 2.20 bits per heavy atom. The Labute approximate surface area is 122 Å². The van der Waals surface area contributed by atoms with Crippen molar-refractivity contribution in [3.63, 3.8) is 0 Å². The van der Waals surface area contributed by atoms with E-state index < -0.39 is 0 Å². The zero-order chi connectivity index (χ0) is 14.4. The van der Waals surface area contributed by atoms with Crippen LogP contribution in [-0.4, -0.2) is 10.9 Å². The molecule has 6 heteroatoms. The van der Waals surface area contributed by atoms with E-state index in [0.29, 0.717) is 18.1 Å². The van der Waals surface area contributed by atoms with Crippen LogP contribution < -0.4 is 10.3 Å². The van der Waals surface area contributed by atoms with Crippen molar-refractivity contribution in [1.29, 1.82) is 0 Å². The average molecular weight is 292 g/mol. The normalized spacial score (nSPS) is 11.6. The summed E-state index contributed by atoms with van der Waals surface area (Å²) < 4.78 is 10.2. The molecule has 0 fully saturated rings. The minimum atomic E-state index is -0.125. The second-order valence-corrected chi connectivity index (χ2v) is 4.51.